The third-order valence-electron chi connectivity index (χ3n) is 5.19. The van der Waals surface area contributed by atoms with Gasteiger partial charge in [0.05, 0.1) is 25.3 Å². The maximum atomic E-state index is 12.5. The van der Waals surface area contributed by atoms with Gasteiger partial charge in [-0.05, 0) is 68.1 Å². The molecule has 3 rings (SSSR count). The van der Waals surface area contributed by atoms with Crippen LogP contribution in [0, 0.1) is 6.92 Å². The molecule has 6 nitrogen and oxygen atoms in total. The van der Waals surface area contributed by atoms with Gasteiger partial charge in [-0.1, -0.05) is 18.9 Å². The van der Waals surface area contributed by atoms with Crippen LogP contribution in [0.5, 0.6) is 0 Å². The van der Waals surface area contributed by atoms with E-state index in [0.717, 1.165) is 36.8 Å². The molecule has 0 aliphatic heterocycles. The predicted octanol–water partition coefficient (Wildman–Crippen LogP) is 5.10. The zero-order chi connectivity index (χ0) is 21.7. The largest absolute Gasteiger partial charge is 0.465 e. The highest BCUT2D eigenvalue weighted by Gasteiger charge is 2.25. The summed E-state index contributed by atoms with van der Waals surface area (Å²) >= 11 is 7.08. The second-order valence-electron chi connectivity index (χ2n) is 7.21. The molecule has 0 spiro atoms. The molecule has 30 heavy (non-hydrogen) atoms. The zero-order valence-electron chi connectivity index (χ0n) is 17.4. The van der Waals surface area contributed by atoms with Gasteiger partial charge in [0.2, 0.25) is 0 Å². The fourth-order valence-electron chi connectivity index (χ4n) is 3.58. The van der Waals surface area contributed by atoms with Gasteiger partial charge >= 0.3 is 11.9 Å². The Kier molecular flexibility index (Phi) is 7.44. The lowest BCUT2D eigenvalue weighted by Crippen LogP contribution is -2.21. The first-order chi connectivity index (χ1) is 14.4. The number of hydrogen-bond acceptors (Lipinski definition) is 6. The predicted molar refractivity (Wildman–Crippen MR) is 124 cm³/mol. The maximum absolute atomic E-state index is 12.5. The van der Waals surface area contributed by atoms with Crippen LogP contribution in [0.3, 0.4) is 0 Å². The summed E-state index contributed by atoms with van der Waals surface area (Å²) in [5.74, 6) is -0.759. The Morgan fingerprint density at radius 3 is 2.40 bits per heavy atom. The van der Waals surface area contributed by atoms with Gasteiger partial charge in [-0.2, -0.15) is 0 Å². The molecule has 1 aromatic carbocycles. The van der Waals surface area contributed by atoms with E-state index in [1.54, 1.807) is 23.5 Å². The number of anilines is 2. The lowest BCUT2D eigenvalue weighted by Gasteiger charge is -2.14. The number of ether oxygens (including phenoxy) is 2. The monoisotopic (exact) mass is 446 g/mol. The molecule has 1 aromatic heterocycles. The van der Waals surface area contributed by atoms with Crippen molar-refractivity contribution in [2.75, 3.05) is 24.9 Å². The minimum Gasteiger partial charge on any atom is -0.465 e. The van der Waals surface area contributed by atoms with Crippen molar-refractivity contribution in [2.24, 2.45) is 0 Å². The number of thiocarbonyl (C=S) groups is 1. The number of carbonyl (C=O) groups excluding carboxylic acids is 2. The molecule has 1 aliphatic rings. The Morgan fingerprint density at radius 2 is 1.70 bits per heavy atom. The number of carbonyl (C=O) groups is 2. The summed E-state index contributed by atoms with van der Waals surface area (Å²) in [6, 6.07) is 5.23. The van der Waals surface area contributed by atoms with Crippen LogP contribution < -0.4 is 10.6 Å². The first-order valence-corrected chi connectivity index (χ1v) is 11.2. The molecule has 160 valence electrons. The van der Waals surface area contributed by atoms with Gasteiger partial charge in [0.1, 0.15) is 5.00 Å². The van der Waals surface area contributed by atoms with E-state index < -0.39 is 5.97 Å². The van der Waals surface area contributed by atoms with Gasteiger partial charge < -0.3 is 20.1 Å². The van der Waals surface area contributed by atoms with Crippen molar-refractivity contribution in [3.8, 4) is 0 Å². The van der Waals surface area contributed by atoms with Gasteiger partial charge in [0.25, 0.3) is 0 Å². The average molecular weight is 447 g/mol. The Hall–Kier alpha value is -2.45. The fraction of sp³-hybridized carbons (Fsp3) is 0.409. The van der Waals surface area contributed by atoms with Crippen LogP contribution in [0.25, 0.3) is 0 Å². The number of rotatable bonds is 4. The Labute approximate surface area is 186 Å². The van der Waals surface area contributed by atoms with Crippen LogP contribution in [-0.4, -0.2) is 31.3 Å². The molecular weight excluding hydrogens is 420 g/mol. The molecule has 0 atom stereocenters. The number of hydrogen-bond donors (Lipinski definition) is 2. The van der Waals surface area contributed by atoms with E-state index in [1.807, 2.05) is 13.0 Å². The van der Waals surface area contributed by atoms with Gasteiger partial charge in [-0.3, -0.25) is 0 Å². The van der Waals surface area contributed by atoms with E-state index in [9.17, 15) is 9.59 Å². The van der Waals surface area contributed by atoms with Gasteiger partial charge in [-0.25, -0.2) is 9.59 Å². The first kappa shape index (κ1) is 22.2. The molecule has 1 aliphatic carbocycles. The van der Waals surface area contributed by atoms with Crippen molar-refractivity contribution < 1.29 is 19.1 Å². The second-order valence-corrected chi connectivity index (χ2v) is 8.73. The van der Waals surface area contributed by atoms with E-state index in [2.05, 4.69) is 10.6 Å². The standard InChI is InChI=1S/C22H26N2O4S2/c1-13-10-11-14(20(25)27-2)12-16(13)23-22(29)24-19-18(21(26)28-3)15-8-6-4-5-7-9-17(15)30-19/h10-12H,4-9H2,1-3H3,(H2,23,24,29). The number of thiophene rings is 1. The van der Waals surface area contributed by atoms with E-state index in [0.29, 0.717) is 26.9 Å². The van der Waals surface area contributed by atoms with Crippen LogP contribution in [-0.2, 0) is 22.3 Å². The van der Waals surface area contributed by atoms with E-state index in [-0.39, 0.29) is 5.97 Å². The normalized spacial score (nSPS) is 13.4. The SMILES string of the molecule is COC(=O)c1ccc(C)c(NC(=S)Nc2sc3c(c2C(=O)OC)CCCCCC3)c1. The molecule has 0 bridgehead atoms. The molecule has 8 heteroatoms. The summed E-state index contributed by atoms with van der Waals surface area (Å²) in [7, 11) is 2.75. The topological polar surface area (TPSA) is 76.7 Å². The fourth-order valence-corrected chi connectivity index (χ4v) is 5.14. The number of nitrogens with one attached hydrogen (secondary N) is 2. The molecule has 0 amide bonds. The molecule has 1 heterocycles. The molecule has 0 fully saturated rings. The van der Waals surface area contributed by atoms with Crippen LogP contribution in [0.15, 0.2) is 18.2 Å². The molecule has 0 radical (unpaired) electrons. The molecule has 0 saturated heterocycles. The van der Waals surface area contributed by atoms with E-state index in [1.165, 1.54) is 31.9 Å². The van der Waals surface area contributed by atoms with Crippen molar-refractivity contribution in [3.63, 3.8) is 0 Å². The highest BCUT2D eigenvalue weighted by molar-refractivity contribution is 7.80. The van der Waals surface area contributed by atoms with Crippen molar-refractivity contribution in [1.82, 2.24) is 0 Å². The minimum atomic E-state index is -0.414. The lowest BCUT2D eigenvalue weighted by atomic mass is 9.96. The highest BCUT2D eigenvalue weighted by atomic mass is 32.1. The maximum Gasteiger partial charge on any atom is 0.341 e. The third kappa shape index (κ3) is 4.99. The highest BCUT2D eigenvalue weighted by Crippen LogP contribution is 2.37. The zero-order valence-corrected chi connectivity index (χ0v) is 19.1. The second kappa shape index (κ2) is 10.0. The van der Waals surface area contributed by atoms with Gasteiger partial charge in [0, 0.05) is 10.6 Å². The summed E-state index contributed by atoms with van der Waals surface area (Å²) in [5.41, 5.74) is 3.73. The number of fused-ring (bicyclic) bond motifs is 1. The lowest BCUT2D eigenvalue weighted by molar-refractivity contribution is 0.0592. The minimum absolute atomic E-state index is 0.345. The van der Waals surface area contributed by atoms with Crippen LogP contribution in [0.4, 0.5) is 10.7 Å². The molecule has 2 aromatic rings. The van der Waals surface area contributed by atoms with Crippen molar-refractivity contribution in [1.29, 1.82) is 0 Å². The van der Waals surface area contributed by atoms with Crippen LogP contribution >= 0.6 is 23.6 Å². The Balaban J connectivity index is 1.85. The van der Waals surface area contributed by atoms with Crippen molar-refractivity contribution in [2.45, 2.75) is 45.4 Å². The van der Waals surface area contributed by atoms with E-state index >= 15 is 0 Å². The summed E-state index contributed by atoms with van der Waals surface area (Å²) in [6.07, 6.45) is 6.41. The number of methoxy groups -OCH3 is 2. The molecular formula is C22H26N2O4S2. The average Bonchev–Trinajstić information content (AvgIpc) is 3.04. The number of aryl methyl sites for hydroxylation is 2. The number of esters is 2. The molecule has 2 N–H and O–H groups in total. The Bertz CT molecular complexity index is 968. The summed E-state index contributed by atoms with van der Waals surface area (Å²) < 4.78 is 9.85. The van der Waals surface area contributed by atoms with Gasteiger partial charge in [0.15, 0.2) is 5.11 Å². The van der Waals surface area contributed by atoms with Crippen molar-refractivity contribution in [3.05, 3.63) is 45.3 Å². The first-order valence-electron chi connectivity index (χ1n) is 9.94. The van der Waals surface area contributed by atoms with Crippen LogP contribution in [0.1, 0.15) is 62.4 Å². The van der Waals surface area contributed by atoms with Gasteiger partial charge in [-0.15, -0.1) is 11.3 Å². The molecule has 0 unspecified atom stereocenters. The third-order valence-corrected chi connectivity index (χ3v) is 6.61. The summed E-state index contributed by atoms with van der Waals surface area (Å²) in [6.45, 7) is 1.92. The smallest absolute Gasteiger partial charge is 0.341 e. The Morgan fingerprint density at radius 1 is 1.00 bits per heavy atom. The quantitative estimate of drug-likeness (QED) is 0.500. The summed E-state index contributed by atoms with van der Waals surface area (Å²) in [4.78, 5) is 25.6. The summed E-state index contributed by atoms with van der Waals surface area (Å²) in [5, 5.41) is 7.37. The number of benzene rings is 1. The van der Waals surface area contributed by atoms with Crippen molar-refractivity contribution >= 4 is 51.3 Å². The van der Waals surface area contributed by atoms with E-state index in [4.69, 9.17) is 21.7 Å². The van der Waals surface area contributed by atoms with Crippen LogP contribution in [0.2, 0.25) is 0 Å². The molecule has 0 saturated carbocycles.